The Labute approximate surface area is 184 Å². The Morgan fingerprint density at radius 1 is 0.966 bits per heavy atom. The average molecular weight is 446 g/mol. The number of nitrogens with zero attached hydrogens (tertiary/aromatic N) is 2. The summed E-state index contributed by atoms with van der Waals surface area (Å²) in [6.45, 7) is 4.53. The summed E-state index contributed by atoms with van der Waals surface area (Å²) >= 11 is 14.2. The van der Waals surface area contributed by atoms with E-state index >= 15 is 0 Å². The maximum absolute atomic E-state index is 12.2. The maximum Gasteiger partial charge on any atom is 0.265 e. The smallest absolute Gasteiger partial charge is 0.265 e. The van der Waals surface area contributed by atoms with Crippen molar-refractivity contribution in [2.24, 2.45) is 0 Å². The molecule has 0 unspecified atom stereocenters. The van der Waals surface area contributed by atoms with Crippen LogP contribution in [0.3, 0.4) is 0 Å². The van der Waals surface area contributed by atoms with Crippen LogP contribution in [0, 0.1) is 0 Å². The van der Waals surface area contributed by atoms with E-state index in [-0.39, 0.29) is 5.91 Å². The number of amides is 1. The number of rotatable bonds is 5. The molecule has 2 aromatic carbocycles. The lowest BCUT2D eigenvalue weighted by Crippen LogP contribution is -2.46. The topological polar surface area (TPSA) is 35.6 Å². The summed E-state index contributed by atoms with van der Waals surface area (Å²) in [5.74, 6) is -0.114. The number of carbonyl (C=O) groups excluding carboxylic acids is 1. The number of anilines is 2. The van der Waals surface area contributed by atoms with Gasteiger partial charge in [0.2, 0.25) is 0 Å². The molecule has 1 aliphatic rings. The van der Waals surface area contributed by atoms with Crippen LogP contribution in [0.15, 0.2) is 60.0 Å². The van der Waals surface area contributed by atoms with Gasteiger partial charge in [-0.3, -0.25) is 9.69 Å². The van der Waals surface area contributed by atoms with Crippen molar-refractivity contribution in [1.29, 1.82) is 0 Å². The molecular formula is C22H21Cl2N3OS. The number of benzene rings is 2. The summed E-state index contributed by atoms with van der Waals surface area (Å²) in [6.07, 6.45) is 0. The fourth-order valence-electron chi connectivity index (χ4n) is 3.46. The predicted octanol–water partition coefficient (Wildman–Crippen LogP) is 5.63. The van der Waals surface area contributed by atoms with Gasteiger partial charge in [0, 0.05) is 43.4 Å². The van der Waals surface area contributed by atoms with Crippen molar-refractivity contribution in [3.63, 3.8) is 0 Å². The fraction of sp³-hybridized carbons (Fsp3) is 0.227. The second-order valence-electron chi connectivity index (χ2n) is 6.95. The van der Waals surface area contributed by atoms with Gasteiger partial charge >= 0.3 is 0 Å². The van der Waals surface area contributed by atoms with Crippen LogP contribution >= 0.6 is 34.5 Å². The molecule has 150 valence electrons. The van der Waals surface area contributed by atoms with E-state index in [1.807, 2.05) is 47.8 Å². The van der Waals surface area contributed by atoms with Gasteiger partial charge < -0.3 is 10.2 Å². The number of carbonyl (C=O) groups is 1. The van der Waals surface area contributed by atoms with E-state index in [0.29, 0.717) is 15.6 Å². The third-order valence-corrected chi connectivity index (χ3v) is 6.56. The first-order valence-electron chi connectivity index (χ1n) is 9.45. The molecule has 0 atom stereocenters. The lowest BCUT2D eigenvalue weighted by atomic mass is 10.2. The van der Waals surface area contributed by atoms with Crippen molar-refractivity contribution in [2.45, 2.75) is 6.54 Å². The minimum atomic E-state index is -0.114. The minimum absolute atomic E-state index is 0.114. The largest absolute Gasteiger partial charge is 0.368 e. The molecular weight excluding hydrogens is 425 g/mol. The third-order valence-electron chi connectivity index (χ3n) is 5.02. The van der Waals surface area contributed by atoms with E-state index in [4.69, 9.17) is 23.2 Å². The SMILES string of the molecule is O=C(Nc1ccc(N2CCN(Cc3ccccc3Cl)CC2)c(Cl)c1)c1cccs1. The number of thiophene rings is 1. The van der Waals surface area contributed by atoms with Gasteiger partial charge in [0.25, 0.3) is 5.91 Å². The lowest BCUT2D eigenvalue weighted by molar-refractivity contribution is 0.103. The highest BCUT2D eigenvalue weighted by atomic mass is 35.5. The molecule has 1 aromatic heterocycles. The molecule has 1 aliphatic heterocycles. The van der Waals surface area contributed by atoms with Crippen LogP contribution in [0.4, 0.5) is 11.4 Å². The van der Waals surface area contributed by atoms with E-state index in [1.165, 1.54) is 11.3 Å². The third kappa shape index (κ3) is 4.93. The van der Waals surface area contributed by atoms with Crippen molar-refractivity contribution >= 4 is 51.8 Å². The number of hydrogen-bond acceptors (Lipinski definition) is 4. The molecule has 0 spiro atoms. The molecule has 0 radical (unpaired) electrons. The van der Waals surface area contributed by atoms with E-state index in [1.54, 1.807) is 6.07 Å². The number of hydrogen-bond donors (Lipinski definition) is 1. The number of piperazine rings is 1. The molecule has 0 saturated carbocycles. The van der Waals surface area contributed by atoms with Crippen LogP contribution in [0.1, 0.15) is 15.2 Å². The second kappa shape index (κ2) is 9.18. The van der Waals surface area contributed by atoms with E-state index in [2.05, 4.69) is 21.2 Å². The van der Waals surface area contributed by atoms with Crippen LogP contribution in [-0.2, 0) is 6.54 Å². The van der Waals surface area contributed by atoms with Gasteiger partial charge in [0.05, 0.1) is 15.6 Å². The molecule has 3 aromatic rings. The van der Waals surface area contributed by atoms with Crippen molar-refractivity contribution in [2.75, 3.05) is 36.4 Å². The van der Waals surface area contributed by atoms with Crippen molar-refractivity contribution in [3.05, 3.63) is 80.5 Å². The van der Waals surface area contributed by atoms with E-state index in [9.17, 15) is 4.79 Å². The molecule has 4 nitrogen and oxygen atoms in total. The Morgan fingerprint density at radius 3 is 2.45 bits per heavy atom. The highest BCUT2D eigenvalue weighted by molar-refractivity contribution is 7.12. The van der Waals surface area contributed by atoms with Crippen LogP contribution in [0.25, 0.3) is 0 Å². The Bertz CT molecular complexity index is 985. The van der Waals surface area contributed by atoms with Gasteiger partial charge in [0.1, 0.15) is 0 Å². The van der Waals surface area contributed by atoms with Crippen LogP contribution in [0.5, 0.6) is 0 Å². The molecule has 1 N–H and O–H groups in total. The molecule has 0 bridgehead atoms. The first-order valence-corrected chi connectivity index (χ1v) is 11.1. The number of nitrogens with one attached hydrogen (secondary N) is 1. The monoisotopic (exact) mass is 445 g/mol. The quantitative estimate of drug-likeness (QED) is 0.552. The first kappa shape index (κ1) is 20.2. The van der Waals surface area contributed by atoms with Crippen molar-refractivity contribution in [3.8, 4) is 0 Å². The summed E-state index contributed by atoms with van der Waals surface area (Å²) in [7, 11) is 0. The number of halogens is 2. The van der Waals surface area contributed by atoms with Crippen LogP contribution < -0.4 is 10.2 Å². The zero-order valence-electron chi connectivity index (χ0n) is 15.8. The highest BCUT2D eigenvalue weighted by Crippen LogP contribution is 2.30. The Kier molecular flexibility index (Phi) is 6.40. The summed E-state index contributed by atoms with van der Waals surface area (Å²) in [4.78, 5) is 17.6. The van der Waals surface area contributed by atoms with Crippen molar-refractivity contribution in [1.82, 2.24) is 4.90 Å². The molecule has 1 saturated heterocycles. The molecule has 1 amide bonds. The Morgan fingerprint density at radius 2 is 1.76 bits per heavy atom. The molecule has 2 heterocycles. The Hall–Kier alpha value is -2.05. The summed E-state index contributed by atoms with van der Waals surface area (Å²) in [6, 6.07) is 17.4. The van der Waals surface area contributed by atoms with Crippen molar-refractivity contribution < 1.29 is 4.79 Å². The van der Waals surface area contributed by atoms with Gasteiger partial charge in [-0.1, -0.05) is 47.5 Å². The van der Waals surface area contributed by atoms with Crippen LogP contribution in [0.2, 0.25) is 10.0 Å². The average Bonchev–Trinajstić information content (AvgIpc) is 3.26. The summed E-state index contributed by atoms with van der Waals surface area (Å²) in [5.41, 5.74) is 2.86. The van der Waals surface area contributed by atoms with Gasteiger partial charge in [0.15, 0.2) is 0 Å². The summed E-state index contributed by atoms with van der Waals surface area (Å²) < 4.78 is 0. The second-order valence-corrected chi connectivity index (χ2v) is 8.71. The molecule has 7 heteroatoms. The zero-order chi connectivity index (χ0) is 20.2. The predicted molar refractivity (Wildman–Crippen MR) is 123 cm³/mol. The van der Waals surface area contributed by atoms with E-state index < -0.39 is 0 Å². The van der Waals surface area contributed by atoms with Gasteiger partial charge in [-0.2, -0.15) is 0 Å². The first-order chi connectivity index (χ1) is 14.1. The molecule has 29 heavy (non-hydrogen) atoms. The normalized spacial score (nSPS) is 14.8. The van der Waals surface area contributed by atoms with Gasteiger partial charge in [-0.05, 0) is 41.3 Å². The van der Waals surface area contributed by atoms with Gasteiger partial charge in [-0.15, -0.1) is 11.3 Å². The fourth-order valence-corrected chi connectivity index (χ4v) is 4.57. The Balaban J connectivity index is 1.36. The highest BCUT2D eigenvalue weighted by Gasteiger charge is 2.20. The minimum Gasteiger partial charge on any atom is -0.368 e. The lowest BCUT2D eigenvalue weighted by Gasteiger charge is -2.36. The molecule has 4 rings (SSSR count). The maximum atomic E-state index is 12.2. The molecule has 1 fully saturated rings. The van der Waals surface area contributed by atoms with Crippen LogP contribution in [-0.4, -0.2) is 37.0 Å². The summed E-state index contributed by atoms with van der Waals surface area (Å²) in [5, 5.41) is 6.25. The van der Waals surface area contributed by atoms with Gasteiger partial charge in [-0.25, -0.2) is 0 Å². The van der Waals surface area contributed by atoms with E-state index in [0.717, 1.165) is 49.0 Å². The molecule has 0 aliphatic carbocycles. The zero-order valence-corrected chi connectivity index (χ0v) is 18.1. The standard InChI is InChI=1S/C22H21Cl2N3OS/c23-18-5-2-1-4-16(18)15-26-9-11-27(12-10-26)20-8-7-17(14-19(20)24)25-22(28)21-6-3-13-29-21/h1-8,13-14H,9-12,15H2,(H,25,28).